The molecule has 27 heavy (non-hydrogen) atoms. The van der Waals surface area contributed by atoms with Crippen molar-refractivity contribution in [1.29, 1.82) is 0 Å². The quantitative estimate of drug-likeness (QED) is 0.606. The van der Waals surface area contributed by atoms with Gasteiger partial charge in [0.25, 0.3) is 0 Å². The lowest BCUT2D eigenvalue weighted by atomic mass is 10.0. The second-order valence-corrected chi connectivity index (χ2v) is 7.92. The zero-order valence-corrected chi connectivity index (χ0v) is 16.7. The number of esters is 1. The van der Waals surface area contributed by atoms with E-state index in [4.69, 9.17) is 4.74 Å². The first-order valence-corrected chi connectivity index (χ1v) is 10.2. The van der Waals surface area contributed by atoms with Crippen LogP contribution in [0.3, 0.4) is 0 Å². The van der Waals surface area contributed by atoms with Gasteiger partial charge in [-0.15, -0.1) is 11.3 Å². The summed E-state index contributed by atoms with van der Waals surface area (Å²) >= 11 is 1.39. The Hall–Kier alpha value is -2.47. The van der Waals surface area contributed by atoms with Crippen LogP contribution in [0.5, 0.6) is 0 Å². The van der Waals surface area contributed by atoms with E-state index in [0.29, 0.717) is 17.5 Å². The van der Waals surface area contributed by atoms with Gasteiger partial charge < -0.3 is 9.64 Å². The lowest BCUT2D eigenvalue weighted by Gasteiger charge is -2.27. The summed E-state index contributed by atoms with van der Waals surface area (Å²) in [6.07, 6.45) is 3.83. The van der Waals surface area contributed by atoms with Crippen molar-refractivity contribution in [2.45, 2.75) is 39.7 Å². The van der Waals surface area contributed by atoms with Gasteiger partial charge in [0.2, 0.25) is 0 Å². The van der Waals surface area contributed by atoms with Crippen molar-refractivity contribution in [1.82, 2.24) is 9.97 Å². The molecule has 2 aromatic heterocycles. The standard InChI is InChI=1S/C21H23N3O2S/c1-4-26-21(25)18-14(3)17-19(22-12-23-20(17)27-18)24-11-5-6-16(24)15-9-7-13(2)8-10-15/h7-10,12,16H,4-6,11H2,1-3H3. The maximum absolute atomic E-state index is 12.3. The number of thiophene rings is 1. The molecule has 140 valence electrons. The number of aryl methyl sites for hydroxylation is 2. The van der Waals surface area contributed by atoms with Gasteiger partial charge >= 0.3 is 5.97 Å². The van der Waals surface area contributed by atoms with Crippen molar-refractivity contribution in [3.8, 4) is 0 Å². The molecular formula is C21H23N3O2S. The second kappa shape index (κ2) is 7.27. The highest BCUT2D eigenvalue weighted by molar-refractivity contribution is 7.20. The minimum absolute atomic E-state index is 0.277. The molecule has 6 heteroatoms. The molecule has 4 rings (SSSR count). The maximum Gasteiger partial charge on any atom is 0.348 e. The van der Waals surface area contributed by atoms with Gasteiger partial charge in [-0.1, -0.05) is 29.8 Å². The van der Waals surface area contributed by atoms with Crippen LogP contribution in [-0.2, 0) is 4.74 Å². The third-order valence-electron chi connectivity index (χ3n) is 5.15. The smallest absolute Gasteiger partial charge is 0.348 e. The van der Waals surface area contributed by atoms with E-state index in [1.165, 1.54) is 22.5 Å². The first kappa shape index (κ1) is 17.9. The molecule has 0 N–H and O–H groups in total. The average molecular weight is 382 g/mol. The van der Waals surface area contributed by atoms with Crippen molar-refractivity contribution in [2.24, 2.45) is 0 Å². The first-order valence-electron chi connectivity index (χ1n) is 9.34. The fourth-order valence-electron chi connectivity index (χ4n) is 3.82. The highest BCUT2D eigenvalue weighted by atomic mass is 32.1. The second-order valence-electron chi connectivity index (χ2n) is 6.92. The molecule has 3 heterocycles. The van der Waals surface area contributed by atoms with Gasteiger partial charge in [-0.25, -0.2) is 14.8 Å². The normalized spacial score (nSPS) is 16.9. The van der Waals surface area contributed by atoms with E-state index >= 15 is 0 Å². The number of carbonyl (C=O) groups is 1. The summed E-state index contributed by atoms with van der Waals surface area (Å²) in [5, 5.41) is 0.976. The maximum atomic E-state index is 12.3. The molecule has 1 aromatic carbocycles. The number of fused-ring (bicyclic) bond motifs is 1. The third kappa shape index (κ3) is 3.18. The van der Waals surface area contributed by atoms with Crippen molar-refractivity contribution in [3.63, 3.8) is 0 Å². The minimum Gasteiger partial charge on any atom is -0.462 e. The van der Waals surface area contributed by atoms with E-state index in [0.717, 1.165) is 41.0 Å². The Balaban J connectivity index is 1.78. The predicted octanol–water partition coefficient (Wildman–Crippen LogP) is 4.83. The van der Waals surface area contributed by atoms with Gasteiger partial charge in [-0.2, -0.15) is 0 Å². The Morgan fingerprint density at radius 2 is 2.04 bits per heavy atom. The summed E-state index contributed by atoms with van der Waals surface area (Å²) in [5.41, 5.74) is 3.49. The number of benzene rings is 1. The molecular weight excluding hydrogens is 358 g/mol. The van der Waals surface area contributed by atoms with Crippen LogP contribution in [-0.4, -0.2) is 29.1 Å². The van der Waals surface area contributed by atoms with Crippen LogP contribution in [0.2, 0.25) is 0 Å². The molecule has 1 fully saturated rings. The van der Waals surface area contributed by atoms with Crippen LogP contribution >= 0.6 is 11.3 Å². The summed E-state index contributed by atoms with van der Waals surface area (Å²) in [6, 6.07) is 9.04. The Morgan fingerprint density at radius 3 is 2.78 bits per heavy atom. The highest BCUT2D eigenvalue weighted by Crippen LogP contribution is 2.41. The Morgan fingerprint density at radius 1 is 1.26 bits per heavy atom. The van der Waals surface area contributed by atoms with Crippen molar-refractivity contribution in [2.75, 3.05) is 18.1 Å². The van der Waals surface area contributed by atoms with Crippen LogP contribution < -0.4 is 4.90 Å². The molecule has 0 spiro atoms. The van der Waals surface area contributed by atoms with Gasteiger partial charge in [-0.05, 0) is 44.7 Å². The Bertz CT molecular complexity index is 981. The molecule has 1 aliphatic heterocycles. The monoisotopic (exact) mass is 381 g/mol. The van der Waals surface area contributed by atoms with Crippen LogP contribution in [0.25, 0.3) is 10.2 Å². The molecule has 1 unspecified atom stereocenters. The zero-order chi connectivity index (χ0) is 19.0. The lowest BCUT2D eigenvalue weighted by Crippen LogP contribution is -2.24. The van der Waals surface area contributed by atoms with E-state index < -0.39 is 0 Å². The number of aromatic nitrogens is 2. The van der Waals surface area contributed by atoms with Crippen LogP contribution in [0.4, 0.5) is 5.82 Å². The number of anilines is 1. The van der Waals surface area contributed by atoms with Crippen LogP contribution in [0.15, 0.2) is 30.6 Å². The summed E-state index contributed by atoms with van der Waals surface area (Å²) in [5.74, 6) is 0.646. The van der Waals surface area contributed by atoms with E-state index in [1.807, 2.05) is 13.8 Å². The van der Waals surface area contributed by atoms with Gasteiger partial charge in [0.15, 0.2) is 0 Å². The van der Waals surface area contributed by atoms with Gasteiger partial charge in [-0.3, -0.25) is 0 Å². The van der Waals surface area contributed by atoms with E-state index in [1.54, 1.807) is 6.33 Å². The number of ether oxygens (including phenoxy) is 1. The fourth-order valence-corrected chi connectivity index (χ4v) is 4.85. The topological polar surface area (TPSA) is 55.3 Å². The Kier molecular flexibility index (Phi) is 4.83. The summed E-state index contributed by atoms with van der Waals surface area (Å²) in [7, 11) is 0. The first-order chi connectivity index (χ1) is 13.1. The largest absolute Gasteiger partial charge is 0.462 e. The number of carbonyl (C=O) groups excluding carboxylic acids is 1. The van der Waals surface area contributed by atoms with E-state index in [2.05, 4.69) is 46.1 Å². The minimum atomic E-state index is -0.277. The lowest BCUT2D eigenvalue weighted by molar-refractivity contribution is 0.0531. The van der Waals surface area contributed by atoms with Gasteiger partial charge in [0, 0.05) is 6.54 Å². The fraction of sp³-hybridized carbons (Fsp3) is 0.381. The summed E-state index contributed by atoms with van der Waals surface area (Å²) in [6.45, 7) is 7.22. The van der Waals surface area contributed by atoms with Crippen LogP contribution in [0.1, 0.15) is 52.2 Å². The summed E-state index contributed by atoms with van der Waals surface area (Å²) in [4.78, 5) is 25.2. The molecule has 0 amide bonds. The van der Waals surface area contributed by atoms with Crippen molar-refractivity contribution in [3.05, 3.63) is 52.2 Å². The number of hydrogen-bond donors (Lipinski definition) is 0. The number of hydrogen-bond acceptors (Lipinski definition) is 6. The third-order valence-corrected chi connectivity index (χ3v) is 6.33. The predicted molar refractivity (Wildman–Crippen MR) is 109 cm³/mol. The van der Waals surface area contributed by atoms with Gasteiger partial charge in [0.05, 0.1) is 18.0 Å². The molecule has 0 aliphatic carbocycles. The van der Waals surface area contributed by atoms with Gasteiger partial charge in [0.1, 0.15) is 21.9 Å². The molecule has 0 radical (unpaired) electrons. The molecule has 3 aromatic rings. The molecule has 5 nitrogen and oxygen atoms in total. The SMILES string of the molecule is CCOC(=O)c1sc2ncnc(N3CCCC3c3ccc(C)cc3)c2c1C. The van der Waals surface area contributed by atoms with Crippen LogP contribution in [0, 0.1) is 13.8 Å². The van der Waals surface area contributed by atoms with Crippen molar-refractivity contribution >= 4 is 33.3 Å². The molecule has 0 saturated carbocycles. The molecule has 0 bridgehead atoms. The number of nitrogens with zero attached hydrogens (tertiary/aromatic N) is 3. The summed E-state index contributed by atoms with van der Waals surface area (Å²) < 4.78 is 5.21. The zero-order valence-electron chi connectivity index (χ0n) is 15.9. The molecule has 1 atom stereocenters. The average Bonchev–Trinajstić information content (AvgIpc) is 3.28. The molecule has 1 saturated heterocycles. The van der Waals surface area contributed by atoms with E-state index in [9.17, 15) is 4.79 Å². The highest BCUT2D eigenvalue weighted by Gasteiger charge is 2.30. The van der Waals surface area contributed by atoms with Crippen molar-refractivity contribution < 1.29 is 9.53 Å². The molecule has 1 aliphatic rings. The number of rotatable bonds is 4. The Labute approximate surface area is 163 Å². The van der Waals surface area contributed by atoms with E-state index in [-0.39, 0.29) is 5.97 Å².